The van der Waals surface area contributed by atoms with Crippen LogP contribution in [0.4, 0.5) is 0 Å². The molecule has 2 aromatic rings. The fraction of sp³-hybridized carbons (Fsp3) is 0.357. The number of aromatic nitrogens is 1. The highest BCUT2D eigenvalue weighted by Gasteiger charge is 2.03. The third-order valence-electron chi connectivity index (χ3n) is 2.85. The summed E-state index contributed by atoms with van der Waals surface area (Å²) in [4.78, 5) is 4.65. The molecule has 0 aliphatic heterocycles. The van der Waals surface area contributed by atoms with Gasteiger partial charge in [-0.05, 0) is 37.9 Å². The van der Waals surface area contributed by atoms with Gasteiger partial charge in [-0.25, -0.2) is 4.98 Å². The molecule has 90 valence electrons. The molecular weight excluding hydrogens is 212 g/mol. The summed E-state index contributed by atoms with van der Waals surface area (Å²) in [6, 6.07) is 10.2. The Morgan fingerprint density at radius 1 is 1.18 bits per heavy atom. The van der Waals surface area contributed by atoms with Gasteiger partial charge >= 0.3 is 0 Å². The fourth-order valence-corrected chi connectivity index (χ4v) is 1.91. The van der Waals surface area contributed by atoms with Crippen LogP contribution in [-0.4, -0.2) is 18.6 Å². The Hall–Kier alpha value is -1.61. The highest BCUT2D eigenvalue weighted by atomic mass is 16.5. The van der Waals surface area contributed by atoms with Crippen molar-refractivity contribution >= 4 is 10.9 Å². The first-order valence-electron chi connectivity index (χ1n) is 5.98. The molecule has 0 atom stereocenters. The summed E-state index contributed by atoms with van der Waals surface area (Å²) >= 11 is 0. The van der Waals surface area contributed by atoms with Gasteiger partial charge in [-0.2, -0.15) is 0 Å². The first kappa shape index (κ1) is 11.9. The number of pyridine rings is 1. The van der Waals surface area contributed by atoms with Crippen LogP contribution in [0.3, 0.4) is 0 Å². The van der Waals surface area contributed by atoms with E-state index in [9.17, 15) is 0 Å². The number of rotatable bonds is 5. The van der Waals surface area contributed by atoms with Crippen molar-refractivity contribution in [3.8, 4) is 5.75 Å². The zero-order valence-electron chi connectivity index (χ0n) is 10.1. The van der Waals surface area contributed by atoms with Crippen molar-refractivity contribution in [2.75, 3.05) is 13.7 Å². The van der Waals surface area contributed by atoms with Crippen LogP contribution in [0.15, 0.2) is 30.3 Å². The van der Waals surface area contributed by atoms with Crippen LogP contribution in [0.2, 0.25) is 0 Å². The summed E-state index contributed by atoms with van der Waals surface area (Å²) in [6.07, 6.45) is 3.11. The first-order chi connectivity index (χ1) is 8.35. The van der Waals surface area contributed by atoms with Crippen LogP contribution < -0.4 is 10.5 Å². The van der Waals surface area contributed by atoms with Crippen LogP contribution in [0.5, 0.6) is 5.75 Å². The van der Waals surface area contributed by atoms with E-state index in [1.165, 1.54) is 0 Å². The van der Waals surface area contributed by atoms with Crippen molar-refractivity contribution in [2.45, 2.75) is 19.3 Å². The van der Waals surface area contributed by atoms with E-state index in [2.05, 4.69) is 23.2 Å². The zero-order valence-corrected chi connectivity index (χ0v) is 10.1. The molecule has 1 aromatic heterocycles. The van der Waals surface area contributed by atoms with E-state index in [-0.39, 0.29) is 0 Å². The average molecular weight is 230 g/mol. The molecule has 2 rings (SSSR count). The molecule has 0 aliphatic rings. The summed E-state index contributed by atoms with van der Waals surface area (Å²) in [5, 5.41) is 1.12. The van der Waals surface area contributed by atoms with Crippen LogP contribution in [0.1, 0.15) is 18.5 Å². The molecule has 0 unspecified atom stereocenters. The molecule has 0 fully saturated rings. The Labute approximate surface area is 102 Å². The number of unbranched alkanes of at least 4 members (excludes halogenated alkanes) is 1. The number of nitrogens with two attached hydrogens (primary N) is 1. The second-order valence-corrected chi connectivity index (χ2v) is 4.08. The lowest BCUT2D eigenvalue weighted by Crippen LogP contribution is -2.00. The van der Waals surface area contributed by atoms with Gasteiger partial charge in [0.15, 0.2) is 0 Å². The molecule has 0 spiro atoms. The molecule has 3 nitrogen and oxygen atoms in total. The molecule has 0 saturated carbocycles. The minimum atomic E-state index is 0.747. The molecule has 3 heteroatoms. The number of hydrogen-bond acceptors (Lipinski definition) is 3. The smallest absolute Gasteiger partial charge is 0.145 e. The minimum absolute atomic E-state index is 0.747. The fourth-order valence-electron chi connectivity index (χ4n) is 1.91. The van der Waals surface area contributed by atoms with Crippen molar-refractivity contribution < 1.29 is 4.74 Å². The maximum atomic E-state index is 5.49. The van der Waals surface area contributed by atoms with Crippen molar-refractivity contribution in [2.24, 2.45) is 5.73 Å². The van der Waals surface area contributed by atoms with Gasteiger partial charge in [-0.1, -0.05) is 18.2 Å². The SMILES string of the molecule is COc1cccc2ccc(CCCCN)nc12. The Balaban J connectivity index is 2.28. The van der Waals surface area contributed by atoms with Gasteiger partial charge in [-0.15, -0.1) is 0 Å². The average Bonchev–Trinajstić information content (AvgIpc) is 2.38. The van der Waals surface area contributed by atoms with Crippen molar-refractivity contribution in [1.29, 1.82) is 0 Å². The van der Waals surface area contributed by atoms with Gasteiger partial charge in [0.25, 0.3) is 0 Å². The molecule has 0 aliphatic carbocycles. The summed E-state index contributed by atoms with van der Waals surface area (Å²) in [7, 11) is 1.68. The van der Waals surface area contributed by atoms with Crippen molar-refractivity contribution in [3.63, 3.8) is 0 Å². The summed E-state index contributed by atoms with van der Waals surface area (Å²) in [6.45, 7) is 0.747. The summed E-state index contributed by atoms with van der Waals surface area (Å²) < 4.78 is 5.33. The van der Waals surface area contributed by atoms with Crippen LogP contribution in [0, 0.1) is 0 Å². The van der Waals surface area contributed by atoms with E-state index in [1.807, 2.05) is 12.1 Å². The quantitative estimate of drug-likeness (QED) is 0.803. The lowest BCUT2D eigenvalue weighted by Gasteiger charge is -2.06. The third kappa shape index (κ3) is 2.74. The Bertz CT molecular complexity index is 497. The topological polar surface area (TPSA) is 48.1 Å². The minimum Gasteiger partial charge on any atom is -0.494 e. The number of hydrogen-bond donors (Lipinski definition) is 1. The Morgan fingerprint density at radius 2 is 2.06 bits per heavy atom. The van der Waals surface area contributed by atoms with E-state index >= 15 is 0 Å². The molecule has 17 heavy (non-hydrogen) atoms. The van der Waals surface area contributed by atoms with E-state index in [1.54, 1.807) is 7.11 Å². The van der Waals surface area contributed by atoms with Gasteiger partial charge in [0.05, 0.1) is 7.11 Å². The molecule has 1 heterocycles. The van der Waals surface area contributed by atoms with Gasteiger partial charge in [-0.3, -0.25) is 0 Å². The second-order valence-electron chi connectivity index (χ2n) is 4.08. The van der Waals surface area contributed by atoms with Crippen LogP contribution in [-0.2, 0) is 6.42 Å². The zero-order chi connectivity index (χ0) is 12.1. The number of nitrogens with zero attached hydrogens (tertiary/aromatic N) is 1. The highest BCUT2D eigenvalue weighted by molar-refractivity contribution is 5.84. The maximum Gasteiger partial charge on any atom is 0.145 e. The number of benzene rings is 1. The van der Waals surface area contributed by atoms with Gasteiger partial charge in [0.1, 0.15) is 11.3 Å². The molecule has 0 radical (unpaired) electrons. The molecule has 1 aromatic carbocycles. The van der Waals surface area contributed by atoms with Crippen molar-refractivity contribution in [3.05, 3.63) is 36.0 Å². The molecule has 0 saturated heterocycles. The number of para-hydroxylation sites is 1. The number of aryl methyl sites for hydroxylation is 1. The lowest BCUT2D eigenvalue weighted by atomic mass is 10.1. The highest BCUT2D eigenvalue weighted by Crippen LogP contribution is 2.23. The van der Waals surface area contributed by atoms with Crippen molar-refractivity contribution in [1.82, 2.24) is 4.98 Å². The normalized spacial score (nSPS) is 10.7. The van der Waals surface area contributed by atoms with E-state index in [0.29, 0.717) is 0 Å². The maximum absolute atomic E-state index is 5.49. The van der Waals surface area contributed by atoms with E-state index < -0.39 is 0 Å². The third-order valence-corrected chi connectivity index (χ3v) is 2.85. The van der Waals surface area contributed by atoms with Gasteiger partial charge < -0.3 is 10.5 Å². The Kier molecular flexibility index (Phi) is 3.94. The first-order valence-corrected chi connectivity index (χ1v) is 5.98. The van der Waals surface area contributed by atoms with Gasteiger partial charge in [0, 0.05) is 11.1 Å². The predicted molar refractivity (Wildman–Crippen MR) is 70.3 cm³/mol. The lowest BCUT2D eigenvalue weighted by molar-refractivity contribution is 0.419. The predicted octanol–water partition coefficient (Wildman–Crippen LogP) is 2.52. The number of methoxy groups -OCH3 is 1. The molecule has 0 bridgehead atoms. The second kappa shape index (κ2) is 5.64. The van der Waals surface area contributed by atoms with Crippen LogP contribution in [0.25, 0.3) is 10.9 Å². The standard InChI is InChI=1S/C14H18N2O/c1-17-13-7-4-5-11-8-9-12(16-14(11)13)6-2-3-10-15/h4-5,7-9H,2-3,6,10,15H2,1H3. The summed E-state index contributed by atoms with van der Waals surface area (Å²) in [5.41, 5.74) is 7.54. The van der Waals surface area contributed by atoms with Gasteiger partial charge in [0.2, 0.25) is 0 Å². The summed E-state index contributed by atoms with van der Waals surface area (Å²) in [5.74, 6) is 0.836. The monoisotopic (exact) mass is 230 g/mol. The Morgan fingerprint density at radius 3 is 2.82 bits per heavy atom. The molecular formula is C14H18N2O. The van der Waals surface area contributed by atoms with E-state index in [0.717, 1.165) is 48.2 Å². The number of fused-ring (bicyclic) bond motifs is 1. The number of ether oxygens (including phenoxy) is 1. The van der Waals surface area contributed by atoms with E-state index in [4.69, 9.17) is 10.5 Å². The molecule has 2 N–H and O–H groups in total. The van der Waals surface area contributed by atoms with Crippen LogP contribution >= 0.6 is 0 Å². The molecule has 0 amide bonds. The largest absolute Gasteiger partial charge is 0.494 e.